The van der Waals surface area contributed by atoms with E-state index < -0.39 is 0 Å². The third-order valence-electron chi connectivity index (χ3n) is 3.63. The van der Waals surface area contributed by atoms with Crippen molar-refractivity contribution in [3.05, 3.63) is 22.2 Å². The first kappa shape index (κ1) is 19.6. The summed E-state index contributed by atoms with van der Waals surface area (Å²) in [6.45, 7) is 10.1. The molecule has 0 aliphatic heterocycles. The maximum Gasteiger partial charge on any atom is 0.186 e. The minimum atomic E-state index is 0.487. The third kappa shape index (κ3) is 5.10. The van der Waals surface area contributed by atoms with Gasteiger partial charge in [0.2, 0.25) is 0 Å². The van der Waals surface area contributed by atoms with Crippen LogP contribution < -0.4 is 16.5 Å². The molecule has 25 heavy (non-hydrogen) atoms. The van der Waals surface area contributed by atoms with E-state index in [0.29, 0.717) is 5.11 Å². The number of aryl methyl sites for hydroxylation is 2. The molecule has 2 heterocycles. The number of thiophene rings is 1. The van der Waals surface area contributed by atoms with Gasteiger partial charge in [-0.25, -0.2) is 4.98 Å². The van der Waals surface area contributed by atoms with Gasteiger partial charge in [0.1, 0.15) is 4.83 Å². The number of fused-ring (bicyclic) bond motifs is 1. The van der Waals surface area contributed by atoms with Gasteiger partial charge in [0, 0.05) is 30.8 Å². The van der Waals surface area contributed by atoms with Crippen molar-refractivity contribution in [1.82, 2.24) is 15.7 Å². The van der Waals surface area contributed by atoms with Crippen LogP contribution in [0.4, 0.5) is 5.69 Å². The number of nitrogens with two attached hydrogens (primary N) is 1. The highest BCUT2D eigenvalue weighted by atomic mass is 32.1. The molecule has 136 valence electrons. The molecule has 2 aromatic rings. The summed E-state index contributed by atoms with van der Waals surface area (Å²) in [5, 5.41) is 8.95. The smallest absolute Gasteiger partial charge is 0.186 e. The Morgan fingerprint density at radius 2 is 2.20 bits per heavy atom. The fourth-order valence-corrected chi connectivity index (χ4v) is 3.79. The first-order valence-corrected chi connectivity index (χ1v) is 9.49. The van der Waals surface area contributed by atoms with Crippen LogP contribution in [0.1, 0.15) is 36.4 Å². The Bertz CT molecular complexity index is 785. The maximum atomic E-state index is 6.32. The molecule has 0 unspecified atom stereocenters. The number of hydrogen-bond acceptors (Lipinski definition) is 6. The molecule has 0 amide bonds. The zero-order valence-electron chi connectivity index (χ0n) is 15.1. The lowest BCUT2D eigenvalue weighted by molar-refractivity contribution is 0.145. The zero-order valence-corrected chi connectivity index (χ0v) is 16.7. The highest BCUT2D eigenvalue weighted by molar-refractivity contribution is 7.80. The van der Waals surface area contributed by atoms with Gasteiger partial charge in [-0.1, -0.05) is 0 Å². The summed E-state index contributed by atoms with van der Waals surface area (Å²) >= 11 is 6.78. The molecule has 4 N–H and O–H groups in total. The predicted molar refractivity (Wildman–Crippen MR) is 111 cm³/mol. The lowest BCUT2D eigenvalue weighted by Gasteiger charge is -2.08. The van der Waals surface area contributed by atoms with E-state index in [-0.39, 0.29) is 0 Å². The molecule has 0 atom stereocenters. The summed E-state index contributed by atoms with van der Waals surface area (Å²) in [6.07, 6.45) is 0.895. The fourth-order valence-electron chi connectivity index (χ4n) is 2.48. The third-order valence-corrected chi connectivity index (χ3v) is 5.08. The van der Waals surface area contributed by atoms with Gasteiger partial charge in [-0.15, -0.1) is 11.3 Å². The summed E-state index contributed by atoms with van der Waals surface area (Å²) in [7, 11) is 0. The average molecular weight is 380 g/mol. The van der Waals surface area contributed by atoms with Crippen LogP contribution in [-0.4, -0.2) is 35.6 Å². The number of nitrogen functional groups attached to an aromatic ring is 1. The number of nitrogens with one attached hydrogen (secondary N) is 2. The second-order valence-electron chi connectivity index (χ2n) is 5.72. The van der Waals surface area contributed by atoms with Crippen LogP contribution in [0.2, 0.25) is 0 Å². The van der Waals surface area contributed by atoms with Gasteiger partial charge in [0.25, 0.3) is 0 Å². The summed E-state index contributed by atoms with van der Waals surface area (Å²) in [5.41, 5.74) is 12.8. The van der Waals surface area contributed by atoms with Gasteiger partial charge < -0.3 is 15.8 Å². The van der Waals surface area contributed by atoms with E-state index in [1.165, 1.54) is 0 Å². The van der Waals surface area contributed by atoms with Gasteiger partial charge in [-0.3, -0.25) is 5.43 Å². The number of anilines is 1. The molecule has 6 nitrogen and oxygen atoms in total. The molecule has 8 heteroatoms. The van der Waals surface area contributed by atoms with Crippen LogP contribution in [0.5, 0.6) is 0 Å². The van der Waals surface area contributed by atoms with Gasteiger partial charge >= 0.3 is 0 Å². The minimum absolute atomic E-state index is 0.487. The van der Waals surface area contributed by atoms with E-state index >= 15 is 0 Å². The van der Waals surface area contributed by atoms with Gasteiger partial charge in [-0.05, 0) is 58.0 Å². The predicted octanol–water partition coefficient (Wildman–Crippen LogP) is 3.11. The Morgan fingerprint density at radius 1 is 1.44 bits per heavy atom. The summed E-state index contributed by atoms with van der Waals surface area (Å²) in [4.78, 5) is 6.43. The second-order valence-corrected chi connectivity index (χ2v) is 7.13. The molecule has 0 aliphatic rings. The Hall–Kier alpha value is -1.77. The van der Waals surface area contributed by atoms with Gasteiger partial charge in [-0.2, -0.15) is 5.10 Å². The van der Waals surface area contributed by atoms with Crippen molar-refractivity contribution in [2.24, 2.45) is 5.10 Å². The van der Waals surface area contributed by atoms with Crippen molar-refractivity contribution in [1.29, 1.82) is 0 Å². The Balaban J connectivity index is 2.02. The molecular formula is C17H25N5OS2. The molecule has 2 rings (SSSR count). The number of pyridine rings is 1. The Labute approximate surface area is 157 Å². The fraction of sp³-hybridized carbons (Fsp3) is 0.471. The molecule has 0 radical (unpaired) electrons. The van der Waals surface area contributed by atoms with E-state index in [1.807, 2.05) is 26.8 Å². The summed E-state index contributed by atoms with van der Waals surface area (Å²) in [6, 6.07) is 2.04. The quantitative estimate of drug-likeness (QED) is 0.297. The number of aromatic nitrogens is 1. The largest absolute Gasteiger partial charge is 0.397 e. The lowest BCUT2D eigenvalue weighted by atomic mass is 10.1. The molecular weight excluding hydrogens is 354 g/mol. The molecule has 0 aliphatic carbocycles. The number of hydrogen-bond donors (Lipinski definition) is 3. The van der Waals surface area contributed by atoms with Crippen LogP contribution in [-0.2, 0) is 4.74 Å². The highest BCUT2D eigenvalue weighted by Crippen LogP contribution is 2.35. The van der Waals surface area contributed by atoms with Gasteiger partial charge in [0.15, 0.2) is 5.11 Å². The van der Waals surface area contributed by atoms with E-state index in [4.69, 9.17) is 22.7 Å². The van der Waals surface area contributed by atoms with Crippen LogP contribution >= 0.6 is 23.6 Å². The summed E-state index contributed by atoms with van der Waals surface area (Å²) in [5.74, 6) is 0. The van der Waals surface area contributed by atoms with Crippen molar-refractivity contribution >= 4 is 50.3 Å². The standard InChI is InChI=1S/C17H25N5OS2/c1-5-23-8-6-7-19-17(24)22-21-12(4)15-14(18)13-10(2)9-11(3)20-16(13)25-15/h9H,5-8,18H2,1-4H3,(H2,19,22,24)/b21-12-. The van der Waals surface area contributed by atoms with E-state index in [1.54, 1.807) is 11.3 Å². The molecule has 0 saturated heterocycles. The van der Waals surface area contributed by atoms with Crippen molar-refractivity contribution in [2.75, 3.05) is 25.5 Å². The first-order chi connectivity index (χ1) is 11.9. The number of hydrazone groups is 1. The monoisotopic (exact) mass is 379 g/mol. The number of rotatable bonds is 7. The van der Waals surface area contributed by atoms with E-state index in [9.17, 15) is 0 Å². The maximum absolute atomic E-state index is 6.32. The molecule has 0 fully saturated rings. The Morgan fingerprint density at radius 3 is 2.92 bits per heavy atom. The van der Waals surface area contributed by atoms with Crippen LogP contribution in [0.15, 0.2) is 11.2 Å². The first-order valence-electron chi connectivity index (χ1n) is 8.26. The SMILES string of the molecule is CCOCCCNC(=S)N/N=C(/C)c1sc2nc(C)cc(C)c2c1N. The number of nitrogens with zero attached hydrogens (tertiary/aromatic N) is 2. The van der Waals surface area contributed by atoms with Crippen molar-refractivity contribution in [3.8, 4) is 0 Å². The van der Waals surface area contributed by atoms with E-state index in [2.05, 4.69) is 27.8 Å². The van der Waals surface area contributed by atoms with Crippen LogP contribution in [0, 0.1) is 13.8 Å². The van der Waals surface area contributed by atoms with Crippen molar-refractivity contribution in [2.45, 2.75) is 34.1 Å². The Kier molecular flexibility index (Phi) is 7.10. The van der Waals surface area contributed by atoms with Crippen molar-refractivity contribution in [3.63, 3.8) is 0 Å². The summed E-state index contributed by atoms with van der Waals surface area (Å²) < 4.78 is 5.28. The van der Waals surface area contributed by atoms with Gasteiger partial charge in [0.05, 0.1) is 16.3 Å². The van der Waals surface area contributed by atoms with Crippen LogP contribution in [0.3, 0.4) is 0 Å². The molecule has 0 saturated carbocycles. The number of thiocarbonyl (C=S) groups is 1. The second kappa shape index (κ2) is 9.07. The molecule has 2 aromatic heterocycles. The van der Waals surface area contributed by atoms with E-state index in [0.717, 1.165) is 63.9 Å². The highest BCUT2D eigenvalue weighted by Gasteiger charge is 2.15. The lowest BCUT2D eigenvalue weighted by Crippen LogP contribution is -2.33. The van der Waals surface area contributed by atoms with Crippen molar-refractivity contribution < 1.29 is 4.74 Å². The molecule has 0 spiro atoms. The topological polar surface area (TPSA) is 84.6 Å². The number of ether oxygens (including phenoxy) is 1. The zero-order chi connectivity index (χ0) is 18.4. The molecule has 0 aromatic carbocycles. The molecule has 0 bridgehead atoms. The average Bonchev–Trinajstić information content (AvgIpc) is 2.89. The minimum Gasteiger partial charge on any atom is -0.397 e. The van der Waals surface area contributed by atoms with Crippen LogP contribution in [0.25, 0.3) is 10.2 Å². The normalized spacial score (nSPS) is 11.8.